The van der Waals surface area contributed by atoms with Crippen LogP contribution in [0.15, 0.2) is 17.1 Å². The number of thiophene rings is 2. The fraction of sp³-hybridized carbons (Fsp3) is 0.474. The molecule has 0 amide bonds. The van der Waals surface area contributed by atoms with E-state index >= 15 is 0 Å². The summed E-state index contributed by atoms with van der Waals surface area (Å²) in [6.07, 6.45) is 5.18. The van der Waals surface area contributed by atoms with Gasteiger partial charge in [-0.1, -0.05) is 20.8 Å². The topological polar surface area (TPSA) is 36.1 Å². The second kappa shape index (κ2) is 6.22. The molecule has 0 radical (unpaired) electrons. The maximum atomic E-state index is 9.58. The van der Waals surface area contributed by atoms with Crippen LogP contribution < -0.4 is 0 Å². The molecule has 0 bridgehead atoms. The minimum absolute atomic E-state index is 0.326. The van der Waals surface area contributed by atoms with Crippen molar-refractivity contribution < 1.29 is 0 Å². The molecule has 0 aromatic carbocycles. The van der Waals surface area contributed by atoms with Crippen molar-refractivity contribution in [3.8, 4) is 6.07 Å². The third-order valence-corrected chi connectivity index (χ3v) is 6.75. The first-order chi connectivity index (χ1) is 10.9. The Labute approximate surface area is 146 Å². The van der Waals surface area contributed by atoms with Gasteiger partial charge in [0.05, 0.1) is 5.56 Å². The fourth-order valence-corrected chi connectivity index (χ4v) is 5.13. The van der Waals surface area contributed by atoms with E-state index in [1.807, 2.05) is 6.21 Å². The van der Waals surface area contributed by atoms with Crippen molar-refractivity contribution in [2.75, 3.05) is 0 Å². The van der Waals surface area contributed by atoms with Crippen LogP contribution in [0.25, 0.3) is 0 Å². The lowest BCUT2D eigenvalue weighted by Crippen LogP contribution is -2.26. The van der Waals surface area contributed by atoms with Gasteiger partial charge in [0.15, 0.2) is 0 Å². The predicted molar refractivity (Wildman–Crippen MR) is 100 cm³/mol. The number of nitrogens with zero attached hydrogens (tertiary/aromatic N) is 2. The normalized spacial score (nSPS) is 18.1. The van der Waals surface area contributed by atoms with E-state index in [0.717, 1.165) is 28.3 Å². The molecule has 3 rings (SSSR count). The zero-order valence-electron chi connectivity index (χ0n) is 14.1. The Kier molecular flexibility index (Phi) is 4.44. The highest BCUT2D eigenvalue weighted by Gasteiger charge is 2.32. The van der Waals surface area contributed by atoms with Gasteiger partial charge in [0.1, 0.15) is 11.1 Å². The van der Waals surface area contributed by atoms with Gasteiger partial charge in [0.2, 0.25) is 0 Å². The number of rotatable bonds is 2. The Morgan fingerprint density at radius 3 is 2.70 bits per heavy atom. The second-order valence-corrected chi connectivity index (χ2v) is 9.71. The number of nitriles is 1. The van der Waals surface area contributed by atoms with Gasteiger partial charge in [-0.15, -0.1) is 22.7 Å². The average Bonchev–Trinajstić information content (AvgIpc) is 3.06. The molecule has 1 aliphatic rings. The van der Waals surface area contributed by atoms with Crippen molar-refractivity contribution in [2.24, 2.45) is 16.3 Å². The summed E-state index contributed by atoms with van der Waals surface area (Å²) in [6, 6.07) is 6.58. The summed E-state index contributed by atoms with van der Waals surface area (Å²) in [6.45, 7) is 9.05. The molecule has 0 spiro atoms. The zero-order chi connectivity index (χ0) is 16.6. The lowest BCUT2D eigenvalue weighted by Gasteiger charge is -2.33. The van der Waals surface area contributed by atoms with Gasteiger partial charge in [0, 0.05) is 20.8 Å². The molecule has 1 aliphatic carbocycles. The van der Waals surface area contributed by atoms with E-state index in [4.69, 9.17) is 0 Å². The molecular weight excluding hydrogens is 320 g/mol. The van der Waals surface area contributed by atoms with Crippen molar-refractivity contribution in [1.29, 1.82) is 5.26 Å². The van der Waals surface area contributed by atoms with E-state index in [1.54, 1.807) is 22.7 Å². The van der Waals surface area contributed by atoms with Gasteiger partial charge in [0.25, 0.3) is 0 Å². The van der Waals surface area contributed by atoms with Crippen LogP contribution in [0.4, 0.5) is 5.00 Å². The van der Waals surface area contributed by atoms with Gasteiger partial charge < -0.3 is 0 Å². The van der Waals surface area contributed by atoms with E-state index in [0.29, 0.717) is 11.3 Å². The van der Waals surface area contributed by atoms with Crippen molar-refractivity contribution in [3.63, 3.8) is 0 Å². The molecule has 2 aromatic rings. The van der Waals surface area contributed by atoms with Gasteiger partial charge in [-0.2, -0.15) is 5.26 Å². The molecule has 120 valence electrons. The Hall–Kier alpha value is -1.44. The Balaban J connectivity index is 1.90. The summed E-state index contributed by atoms with van der Waals surface area (Å²) in [5, 5.41) is 10.5. The van der Waals surface area contributed by atoms with Crippen LogP contribution in [0.5, 0.6) is 0 Å². The average molecular weight is 343 g/mol. The minimum atomic E-state index is 0.326. The van der Waals surface area contributed by atoms with E-state index < -0.39 is 0 Å². The van der Waals surface area contributed by atoms with Crippen LogP contribution in [0.2, 0.25) is 0 Å². The summed E-state index contributed by atoms with van der Waals surface area (Å²) < 4.78 is 0. The van der Waals surface area contributed by atoms with Gasteiger partial charge in [-0.3, -0.25) is 0 Å². The van der Waals surface area contributed by atoms with Crippen molar-refractivity contribution in [2.45, 2.75) is 47.0 Å². The molecule has 0 fully saturated rings. The molecule has 0 aliphatic heterocycles. The summed E-state index contributed by atoms with van der Waals surface area (Å²) in [5.41, 5.74) is 2.39. The quantitative estimate of drug-likeness (QED) is 0.627. The standard InChI is InChI=1S/C19H22N2S2/c1-12-5-7-14(22-12)11-21-18-16(10-20)15-8-6-13(19(2,3)4)9-17(15)23-18/h5,7,11,13H,6,8-9H2,1-4H3/t13-/m0/s1. The molecule has 2 heterocycles. The molecule has 2 aromatic heterocycles. The molecule has 0 saturated carbocycles. The summed E-state index contributed by atoms with van der Waals surface area (Å²) in [5.74, 6) is 0.692. The van der Waals surface area contributed by atoms with Crippen LogP contribution in [-0.4, -0.2) is 6.21 Å². The third kappa shape index (κ3) is 3.41. The highest BCUT2D eigenvalue weighted by molar-refractivity contribution is 7.16. The smallest absolute Gasteiger partial charge is 0.134 e. The third-order valence-electron chi connectivity index (χ3n) is 4.65. The summed E-state index contributed by atoms with van der Waals surface area (Å²) in [4.78, 5) is 8.44. The second-order valence-electron chi connectivity index (χ2n) is 7.31. The Bertz CT molecular complexity index is 781. The number of fused-ring (bicyclic) bond motifs is 1. The zero-order valence-corrected chi connectivity index (χ0v) is 15.8. The van der Waals surface area contributed by atoms with Gasteiger partial charge in [-0.25, -0.2) is 4.99 Å². The number of hydrogen-bond acceptors (Lipinski definition) is 4. The Morgan fingerprint density at radius 1 is 1.30 bits per heavy atom. The van der Waals surface area contributed by atoms with Gasteiger partial charge >= 0.3 is 0 Å². The molecule has 23 heavy (non-hydrogen) atoms. The van der Waals surface area contributed by atoms with Crippen molar-refractivity contribution >= 4 is 33.9 Å². The predicted octanol–water partition coefficient (Wildman–Crippen LogP) is 5.89. The van der Waals surface area contributed by atoms with Crippen LogP contribution >= 0.6 is 22.7 Å². The molecule has 0 N–H and O–H groups in total. The van der Waals surface area contributed by atoms with E-state index in [2.05, 4.69) is 50.9 Å². The highest BCUT2D eigenvalue weighted by atomic mass is 32.1. The highest BCUT2D eigenvalue weighted by Crippen LogP contribution is 2.44. The molecule has 2 nitrogen and oxygen atoms in total. The molecule has 4 heteroatoms. The van der Waals surface area contributed by atoms with Gasteiger partial charge in [-0.05, 0) is 55.2 Å². The first-order valence-corrected chi connectivity index (χ1v) is 9.67. The summed E-state index contributed by atoms with van der Waals surface area (Å²) in [7, 11) is 0. The molecular formula is C19H22N2S2. The number of hydrogen-bond donors (Lipinski definition) is 0. The van der Waals surface area contributed by atoms with E-state index in [-0.39, 0.29) is 0 Å². The van der Waals surface area contributed by atoms with E-state index in [9.17, 15) is 5.26 Å². The fourth-order valence-electron chi connectivity index (χ4n) is 3.16. The first-order valence-electron chi connectivity index (χ1n) is 8.03. The van der Waals surface area contributed by atoms with Crippen molar-refractivity contribution in [1.82, 2.24) is 0 Å². The molecule has 0 saturated heterocycles. The largest absolute Gasteiger partial charge is 0.243 e. The molecule has 0 unspecified atom stereocenters. The number of aliphatic imine (C=N–C) groups is 1. The lowest BCUT2D eigenvalue weighted by atomic mass is 9.72. The SMILES string of the molecule is Cc1ccc(C=Nc2sc3c(c2C#N)CC[C@H](C(C)(C)C)C3)s1. The monoisotopic (exact) mass is 342 g/mol. The molecule has 1 atom stereocenters. The van der Waals surface area contributed by atoms with Crippen LogP contribution in [0.1, 0.15) is 53.0 Å². The minimum Gasteiger partial charge on any atom is -0.243 e. The van der Waals surface area contributed by atoms with Crippen LogP contribution in [0, 0.1) is 29.6 Å². The summed E-state index contributed by atoms with van der Waals surface area (Å²) >= 11 is 3.45. The number of aryl methyl sites for hydroxylation is 1. The maximum absolute atomic E-state index is 9.58. The first kappa shape index (κ1) is 16.4. The van der Waals surface area contributed by atoms with Crippen molar-refractivity contribution in [3.05, 3.63) is 37.9 Å². The van der Waals surface area contributed by atoms with Crippen LogP contribution in [0.3, 0.4) is 0 Å². The lowest BCUT2D eigenvalue weighted by molar-refractivity contribution is 0.218. The van der Waals surface area contributed by atoms with Crippen LogP contribution in [-0.2, 0) is 12.8 Å². The van der Waals surface area contributed by atoms with E-state index in [1.165, 1.54) is 21.7 Å². The Morgan fingerprint density at radius 2 is 2.09 bits per heavy atom. The maximum Gasteiger partial charge on any atom is 0.134 e.